The van der Waals surface area contributed by atoms with Crippen molar-refractivity contribution in [3.8, 4) is 0 Å². The molecule has 1 atom stereocenters. The number of hydrogen-bond acceptors (Lipinski definition) is 4. The van der Waals surface area contributed by atoms with Gasteiger partial charge in [0.2, 0.25) is 5.91 Å². The largest absolute Gasteiger partial charge is 0.481 e. The minimum absolute atomic E-state index is 0.127. The average molecular weight is 297 g/mol. The van der Waals surface area contributed by atoms with E-state index < -0.39 is 5.97 Å². The minimum Gasteiger partial charge on any atom is -0.481 e. The molecule has 2 rings (SSSR count). The SMILES string of the molecule is CN(CC(=O)N1CCC(C(=O)O)CC1)CC1CCCN1C. The molecule has 0 spiro atoms. The second kappa shape index (κ2) is 7.22. The number of carboxylic acids is 1. The molecule has 1 N–H and O–H groups in total. The summed E-state index contributed by atoms with van der Waals surface area (Å²) in [5.41, 5.74) is 0. The molecule has 6 heteroatoms. The Hall–Kier alpha value is -1.14. The Bertz CT molecular complexity index is 380. The zero-order valence-corrected chi connectivity index (χ0v) is 13.1. The molecule has 21 heavy (non-hydrogen) atoms. The van der Waals surface area contributed by atoms with Crippen LogP contribution < -0.4 is 0 Å². The van der Waals surface area contributed by atoms with E-state index in [9.17, 15) is 9.59 Å². The summed E-state index contributed by atoms with van der Waals surface area (Å²) in [4.78, 5) is 29.4. The Morgan fingerprint density at radius 2 is 1.86 bits per heavy atom. The summed E-state index contributed by atoms with van der Waals surface area (Å²) < 4.78 is 0. The Kier molecular flexibility index (Phi) is 5.58. The van der Waals surface area contributed by atoms with Crippen LogP contribution in [0.4, 0.5) is 0 Å². The fourth-order valence-electron chi connectivity index (χ4n) is 3.34. The van der Waals surface area contributed by atoms with Crippen molar-refractivity contribution in [2.24, 2.45) is 5.92 Å². The summed E-state index contributed by atoms with van der Waals surface area (Å²) in [5.74, 6) is -0.885. The Balaban J connectivity index is 1.72. The van der Waals surface area contributed by atoms with Crippen LogP contribution in [-0.4, -0.2) is 84.5 Å². The molecular formula is C15H27N3O3. The van der Waals surface area contributed by atoms with Gasteiger partial charge in [-0.2, -0.15) is 0 Å². The monoisotopic (exact) mass is 297 g/mol. The zero-order valence-electron chi connectivity index (χ0n) is 13.1. The molecule has 2 heterocycles. The van der Waals surface area contributed by atoms with E-state index in [1.807, 2.05) is 11.9 Å². The third-order valence-electron chi connectivity index (χ3n) is 4.80. The molecule has 2 aliphatic rings. The molecule has 2 aliphatic heterocycles. The molecule has 0 aliphatic carbocycles. The van der Waals surface area contributed by atoms with Crippen molar-refractivity contribution in [2.75, 3.05) is 46.8 Å². The molecule has 2 saturated heterocycles. The van der Waals surface area contributed by atoms with Gasteiger partial charge in [-0.15, -0.1) is 0 Å². The smallest absolute Gasteiger partial charge is 0.306 e. The first-order valence-electron chi connectivity index (χ1n) is 7.86. The third kappa shape index (κ3) is 4.41. The summed E-state index contributed by atoms with van der Waals surface area (Å²) in [6, 6.07) is 0.556. The molecule has 0 radical (unpaired) electrons. The van der Waals surface area contributed by atoms with Crippen molar-refractivity contribution in [3.63, 3.8) is 0 Å². The lowest BCUT2D eigenvalue weighted by Gasteiger charge is -2.32. The third-order valence-corrected chi connectivity index (χ3v) is 4.80. The van der Waals surface area contributed by atoms with Crippen molar-refractivity contribution in [1.82, 2.24) is 14.7 Å². The number of hydrogen-bond donors (Lipinski definition) is 1. The van der Waals surface area contributed by atoms with E-state index in [2.05, 4.69) is 16.8 Å². The van der Waals surface area contributed by atoms with Gasteiger partial charge >= 0.3 is 5.97 Å². The fourth-order valence-corrected chi connectivity index (χ4v) is 3.34. The van der Waals surface area contributed by atoms with Crippen LogP contribution in [0.15, 0.2) is 0 Å². The van der Waals surface area contributed by atoms with Crippen LogP contribution >= 0.6 is 0 Å². The molecule has 1 unspecified atom stereocenters. The number of likely N-dealkylation sites (N-methyl/N-ethyl adjacent to an activating group) is 2. The van der Waals surface area contributed by atoms with Crippen molar-refractivity contribution in [3.05, 3.63) is 0 Å². The number of nitrogens with zero attached hydrogens (tertiary/aromatic N) is 3. The summed E-state index contributed by atoms with van der Waals surface area (Å²) in [5, 5.41) is 8.98. The second-order valence-corrected chi connectivity index (χ2v) is 6.47. The number of rotatable bonds is 5. The average Bonchev–Trinajstić information content (AvgIpc) is 2.84. The molecule has 120 valence electrons. The van der Waals surface area contributed by atoms with E-state index >= 15 is 0 Å². The maximum absolute atomic E-state index is 12.3. The van der Waals surface area contributed by atoms with E-state index in [4.69, 9.17) is 5.11 Å². The number of likely N-dealkylation sites (tertiary alicyclic amines) is 2. The first-order valence-corrected chi connectivity index (χ1v) is 7.86. The van der Waals surface area contributed by atoms with Crippen molar-refractivity contribution >= 4 is 11.9 Å². The van der Waals surface area contributed by atoms with Gasteiger partial charge in [0.15, 0.2) is 0 Å². The van der Waals surface area contributed by atoms with Gasteiger partial charge in [0.05, 0.1) is 12.5 Å². The van der Waals surface area contributed by atoms with Gasteiger partial charge in [0.1, 0.15) is 0 Å². The van der Waals surface area contributed by atoms with Crippen LogP contribution in [0.1, 0.15) is 25.7 Å². The topological polar surface area (TPSA) is 64.1 Å². The van der Waals surface area contributed by atoms with Gasteiger partial charge in [-0.1, -0.05) is 0 Å². The highest BCUT2D eigenvalue weighted by molar-refractivity contribution is 5.78. The molecule has 0 aromatic rings. The zero-order chi connectivity index (χ0) is 15.4. The maximum Gasteiger partial charge on any atom is 0.306 e. The lowest BCUT2D eigenvalue weighted by Crippen LogP contribution is -2.46. The molecule has 0 aromatic heterocycles. The first kappa shape index (κ1) is 16.2. The number of carbonyl (C=O) groups excluding carboxylic acids is 1. The molecular weight excluding hydrogens is 270 g/mol. The number of carbonyl (C=O) groups is 2. The van der Waals surface area contributed by atoms with Crippen LogP contribution in [0.25, 0.3) is 0 Å². The molecule has 0 aromatic carbocycles. The molecule has 0 saturated carbocycles. The van der Waals surface area contributed by atoms with E-state index in [0.717, 1.165) is 13.1 Å². The summed E-state index contributed by atoms with van der Waals surface area (Å²) >= 11 is 0. The summed E-state index contributed by atoms with van der Waals surface area (Å²) in [6.45, 7) is 3.66. The quantitative estimate of drug-likeness (QED) is 0.792. The van der Waals surface area contributed by atoms with Crippen LogP contribution in [0.3, 0.4) is 0 Å². The summed E-state index contributed by atoms with van der Waals surface area (Å²) in [7, 11) is 4.14. The molecule has 6 nitrogen and oxygen atoms in total. The molecule has 1 amide bonds. The van der Waals surface area contributed by atoms with E-state index in [-0.39, 0.29) is 11.8 Å². The first-order chi connectivity index (χ1) is 9.97. The lowest BCUT2D eigenvalue weighted by atomic mass is 9.97. The minimum atomic E-state index is -0.733. The highest BCUT2D eigenvalue weighted by Gasteiger charge is 2.28. The van der Waals surface area contributed by atoms with Gasteiger partial charge in [-0.25, -0.2) is 0 Å². The Morgan fingerprint density at radius 3 is 2.38 bits per heavy atom. The van der Waals surface area contributed by atoms with Crippen molar-refractivity contribution in [2.45, 2.75) is 31.7 Å². The molecule has 0 bridgehead atoms. The van der Waals surface area contributed by atoms with Gasteiger partial charge in [-0.3, -0.25) is 14.5 Å². The maximum atomic E-state index is 12.3. The van der Waals surface area contributed by atoms with Gasteiger partial charge in [0, 0.05) is 25.7 Å². The van der Waals surface area contributed by atoms with Crippen LogP contribution in [0.2, 0.25) is 0 Å². The normalized spacial score (nSPS) is 24.7. The highest BCUT2D eigenvalue weighted by Crippen LogP contribution is 2.18. The van der Waals surface area contributed by atoms with E-state index in [1.165, 1.54) is 12.8 Å². The Morgan fingerprint density at radius 1 is 1.19 bits per heavy atom. The van der Waals surface area contributed by atoms with E-state index in [0.29, 0.717) is 38.5 Å². The van der Waals surface area contributed by atoms with Crippen molar-refractivity contribution < 1.29 is 14.7 Å². The number of carboxylic acid groups (broad SMARTS) is 1. The predicted molar refractivity (Wildman–Crippen MR) is 80.1 cm³/mol. The fraction of sp³-hybridized carbons (Fsp3) is 0.867. The second-order valence-electron chi connectivity index (χ2n) is 6.47. The highest BCUT2D eigenvalue weighted by atomic mass is 16.4. The number of aliphatic carboxylic acids is 1. The van der Waals surface area contributed by atoms with E-state index in [1.54, 1.807) is 0 Å². The predicted octanol–water partition coefficient (Wildman–Crippen LogP) is 0.336. The van der Waals surface area contributed by atoms with Crippen LogP contribution in [0, 0.1) is 5.92 Å². The standard InChI is InChI=1S/C15H27N3O3/c1-16(10-13-4-3-7-17(13)2)11-14(19)18-8-5-12(6-9-18)15(20)21/h12-13H,3-11H2,1-2H3,(H,20,21). The molecule has 2 fully saturated rings. The van der Waals surface area contributed by atoms with Gasteiger partial charge < -0.3 is 14.9 Å². The summed E-state index contributed by atoms with van der Waals surface area (Å²) in [6.07, 6.45) is 3.61. The lowest BCUT2D eigenvalue weighted by molar-refractivity contribution is -0.145. The number of amides is 1. The Labute approximate surface area is 126 Å². The van der Waals surface area contributed by atoms with Crippen LogP contribution in [-0.2, 0) is 9.59 Å². The van der Waals surface area contributed by atoms with Gasteiger partial charge in [0.25, 0.3) is 0 Å². The van der Waals surface area contributed by atoms with Crippen LogP contribution in [0.5, 0.6) is 0 Å². The number of piperidine rings is 1. The van der Waals surface area contributed by atoms with Gasteiger partial charge in [-0.05, 0) is 46.3 Å². The van der Waals surface area contributed by atoms with Crippen molar-refractivity contribution in [1.29, 1.82) is 0 Å².